The molecule has 52 heavy (non-hydrogen) atoms. The second kappa shape index (κ2) is 12.6. The van der Waals surface area contributed by atoms with Crippen LogP contribution in [0.2, 0.25) is 15.1 Å². The van der Waals surface area contributed by atoms with Crippen LogP contribution in [-0.2, 0) is 24.6 Å². The fourth-order valence-electron chi connectivity index (χ4n) is 8.77. The molecule has 0 bridgehead atoms. The highest BCUT2D eigenvalue weighted by Crippen LogP contribution is 2.64. The monoisotopic (exact) mass is 759 g/mol. The number of hydrazine groups is 1. The first-order chi connectivity index (χ1) is 24.9. The number of allylic oxidation sites excluding steroid dienone is 2. The molecule has 4 amide bonds. The fraction of sp³-hybridized carbons (Fsp3) is 0.231. The molecule has 0 radical (unpaired) electrons. The van der Waals surface area contributed by atoms with Gasteiger partial charge in [0.1, 0.15) is 5.75 Å². The Balaban J connectivity index is 1.33. The number of carbonyl (C=O) groups is 4. The Kier molecular flexibility index (Phi) is 8.32. The number of nitrogens with zero attached hydrogens (tertiary/aromatic N) is 2. The summed E-state index contributed by atoms with van der Waals surface area (Å²) < 4.78 is 20.8. The Hall–Kier alpha value is -4.90. The number of halogens is 4. The summed E-state index contributed by atoms with van der Waals surface area (Å²) in [4.78, 5) is 59.6. The average molecular weight is 761 g/mol. The van der Waals surface area contributed by atoms with E-state index in [0.717, 1.165) is 11.1 Å². The molecular weight excluding hydrogens is 732 g/mol. The van der Waals surface area contributed by atoms with Crippen LogP contribution in [0.25, 0.3) is 0 Å². The normalized spacial score (nSPS) is 26.6. The van der Waals surface area contributed by atoms with Crippen molar-refractivity contribution in [1.82, 2.24) is 5.01 Å². The molecule has 3 fully saturated rings. The molecule has 8 rings (SSSR count). The first kappa shape index (κ1) is 34.2. The highest BCUT2D eigenvalue weighted by molar-refractivity contribution is 6.36. The molecule has 9 nitrogen and oxygen atoms in total. The summed E-state index contributed by atoms with van der Waals surface area (Å²) in [6.45, 7) is 0. The molecule has 2 aliphatic carbocycles. The number of phenolic OH excluding ortho intramolecular Hbond substituents is 1. The van der Waals surface area contributed by atoms with Crippen LogP contribution in [0.15, 0.2) is 96.6 Å². The molecule has 4 aliphatic rings. The maximum absolute atomic E-state index is 15.3. The van der Waals surface area contributed by atoms with Gasteiger partial charge in [-0.15, -0.1) is 0 Å². The largest absolute Gasteiger partial charge is 0.505 e. The lowest BCUT2D eigenvalue weighted by Crippen LogP contribution is -2.53. The predicted octanol–water partition coefficient (Wildman–Crippen LogP) is 7.69. The van der Waals surface area contributed by atoms with E-state index in [2.05, 4.69) is 5.43 Å². The van der Waals surface area contributed by atoms with Gasteiger partial charge in [0.25, 0.3) is 11.8 Å². The molecule has 0 aromatic heterocycles. The Morgan fingerprint density at radius 1 is 0.846 bits per heavy atom. The number of imide groups is 2. The van der Waals surface area contributed by atoms with Gasteiger partial charge in [0.05, 0.1) is 46.7 Å². The summed E-state index contributed by atoms with van der Waals surface area (Å²) in [6.07, 6.45) is 2.07. The van der Waals surface area contributed by atoms with Crippen molar-refractivity contribution in [1.29, 1.82) is 0 Å². The fourth-order valence-corrected chi connectivity index (χ4v) is 9.34. The van der Waals surface area contributed by atoms with Crippen molar-refractivity contribution >= 4 is 69.8 Å². The topological polar surface area (TPSA) is 116 Å². The standard InChI is InChI=1S/C39H29Cl3FN3O6/c1-52-24-10-3-20(4-11-24)39-28(36(49)46(38(39)51)44-31-14-7-22(41)17-29(31)42)18-27-25(34(39)19-2-15-32(47)30(43)16-19)12-13-26-33(27)37(50)45(35(26)48)23-8-5-21(40)6-9-23/h2-12,14-17,26-28,33-34,44,47H,13,18H2,1H3. The van der Waals surface area contributed by atoms with Gasteiger partial charge in [0.15, 0.2) is 11.6 Å². The second-order valence-electron chi connectivity index (χ2n) is 13.4. The quantitative estimate of drug-likeness (QED) is 0.153. The molecule has 2 saturated heterocycles. The van der Waals surface area contributed by atoms with Crippen LogP contribution < -0.4 is 15.1 Å². The zero-order chi connectivity index (χ0) is 36.6. The van der Waals surface area contributed by atoms with Crippen LogP contribution in [0.1, 0.15) is 29.9 Å². The van der Waals surface area contributed by atoms with E-state index in [-0.39, 0.29) is 29.5 Å². The summed E-state index contributed by atoms with van der Waals surface area (Å²) in [6, 6.07) is 21.6. The van der Waals surface area contributed by atoms with E-state index in [1.54, 1.807) is 60.7 Å². The summed E-state index contributed by atoms with van der Waals surface area (Å²) in [5.74, 6) is -7.39. The molecule has 13 heteroatoms. The third kappa shape index (κ3) is 5.03. The Morgan fingerprint density at radius 3 is 2.23 bits per heavy atom. The molecule has 1 saturated carbocycles. The van der Waals surface area contributed by atoms with Crippen LogP contribution >= 0.6 is 34.8 Å². The zero-order valence-corrected chi connectivity index (χ0v) is 29.6. The van der Waals surface area contributed by atoms with Gasteiger partial charge in [-0.3, -0.25) is 29.5 Å². The molecule has 6 unspecified atom stereocenters. The van der Waals surface area contributed by atoms with E-state index in [1.165, 1.54) is 30.2 Å². The number of rotatable bonds is 6. The maximum atomic E-state index is 15.3. The van der Waals surface area contributed by atoms with Crippen molar-refractivity contribution in [3.05, 3.63) is 129 Å². The van der Waals surface area contributed by atoms with Crippen molar-refractivity contribution in [2.24, 2.45) is 23.7 Å². The number of methoxy groups -OCH3 is 1. The third-order valence-electron chi connectivity index (χ3n) is 11.0. The number of fused-ring (bicyclic) bond motifs is 4. The van der Waals surface area contributed by atoms with E-state index in [9.17, 15) is 19.5 Å². The van der Waals surface area contributed by atoms with Crippen LogP contribution in [0.4, 0.5) is 15.8 Å². The summed E-state index contributed by atoms with van der Waals surface area (Å²) in [5.41, 5.74) is 3.27. The number of ether oxygens (including phenoxy) is 1. The number of hydrogen-bond donors (Lipinski definition) is 2. The zero-order valence-electron chi connectivity index (χ0n) is 27.4. The number of benzene rings is 4. The minimum Gasteiger partial charge on any atom is -0.505 e. The van der Waals surface area contributed by atoms with Crippen LogP contribution in [-0.4, -0.2) is 40.9 Å². The maximum Gasteiger partial charge on any atom is 0.260 e. The number of phenols is 1. The van der Waals surface area contributed by atoms with E-state index in [1.807, 2.05) is 6.08 Å². The lowest BCUT2D eigenvalue weighted by Gasteiger charge is -2.50. The van der Waals surface area contributed by atoms with Crippen LogP contribution in [0.5, 0.6) is 11.5 Å². The van der Waals surface area contributed by atoms with Gasteiger partial charge in [-0.2, -0.15) is 5.01 Å². The molecule has 264 valence electrons. The number of amides is 4. The molecule has 2 aliphatic heterocycles. The lowest BCUT2D eigenvalue weighted by atomic mass is 9.49. The van der Waals surface area contributed by atoms with Crippen molar-refractivity contribution in [2.75, 3.05) is 17.4 Å². The first-order valence-corrected chi connectivity index (χ1v) is 17.7. The number of carbonyl (C=O) groups excluding carboxylic acids is 4. The highest BCUT2D eigenvalue weighted by Gasteiger charge is 2.70. The first-order valence-electron chi connectivity index (χ1n) is 16.5. The van der Waals surface area contributed by atoms with E-state index in [0.29, 0.717) is 38.2 Å². The van der Waals surface area contributed by atoms with E-state index in [4.69, 9.17) is 39.5 Å². The minimum absolute atomic E-state index is 0.0284. The molecule has 4 aromatic rings. The smallest absolute Gasteiger partial charge is 0.260 e. The summed E-state index contributed by atoms with van der Waals surface area (Å²) in [7, 11) is 1.51. The van der Waals surface area contributed by atoms with Gasteiger partial charge in [0, 0.05) is 16.0 Å². The number of anilines is 2. The van der Waals surface area contributed by atoms with Gasteiger partial charge in [-0.05, 0) is 96.6 Å². The Bertz CT molecular complexity index is 2210. The summed E-state index contributed by atoms with van der Waals surface area (Å²) >= 11 is 18.7. The molecule has 2 N–H and O–H groups in total. The van der Waals surface area contributed by atoms with Gasteiger partial charge >= 0.3 is 0 Å². The van der Waals surface area contributed by atoms with Gasteiger partial charge in [-0.25, -0.2) is 4.39 Å². The summed E-state index contributed by atoms with van der Waals surface area (Å²) in [5, 5.41) is 12.1. The van der Waals surface area contributed by atoms with Crippen LogP contribution in [0.3, 0.4) is 0 Å². The highest BCUT2D eigenvalue weighted by atomic mass is 35.5. The molecule has 0 spiro atoms. The Labute approximate surface area is 312 Å². The molecule has 6 atom stereocenters. The van der Waals surface area contributed by atoms with Gasteiger partial charge in [0.2, 0.25) is 11.8 Å². The third-order valence-corrected chi connectivity index (χ3v) is 11.8. The van der Waals surface area contributed by atoms with Crippen molar-refractivity contribution < 1.29 is 33.4 Å². The van der Waals surface area contributed by atoms with Crippen molar-refractivity contribution in [2.45, 2.75) is 24.2 Å². The van der Waals surface area contributed by atoms with Gasteiger partial charge < -0.3 is 9.84 Å². The average Bonchev–Trinajstić information content (AvgIpc) is 3.51. The van der Waals surface area contributed by atoms with E-state index >= 15 is 9.18 Å². The molecule has 2 heterocycles. The number of nitrogens with one attached hydrogen (secondary N) is 1. The van der Waals surface area contributed by atoms with Gasteiger partial charge in [-0.1, -0.05) is 64.7 Å². The second-order valence-corrected chi connectivity index (χ2v) is 14.7. The van der Waals surface area contributed by atoms with Crippen LogP contribution in [0, 0.1) is 29.5 Å². The number of aromatic hydroxyl groups is 1. The lowest BCUT2D eigenvalue weighted by molar-refractivity contribution is -0.138. The minimum atomic E-state index is -1.67. The van der Waals surface area contributed by atoms with Crippen molar-refractivity contribution in [3.8, 4) is 11.5 Å². The molecule has 4 aromatic carbocycles. The van der Waals surface area contributed by atoms with Crippen molar-refractivity contribution in [3.63, 3.8) is 0 Å². The molecular formula is C39H29Cl3FN3O6. The number of hydrogen-bond acceptors (Lipinski definition) is 7. The Morgan fingerprint density at radius 2 is 1.56 bits per heavy atom. The SMILES string of the molecule is COc1ccc(C23C(=O)N(Nc4ccc(Cl)cc4Cl)C(=O)C2CC2C(=CCC4C(=O)N(c5ccc(Cl)cc5)C(=O)C42)C3c2ccc(O)c(F)c2)cc1. The predicted molar refractivity (Wildman–Crippen MR) is 193 cm³/mol. The van der Waals surface area contributed by atoms with E-state index < -0.39 is 64.3 Å².